The van der Waals surface area contributed by atoms with Crippen LogP contribution in [0.1, 0.15) is 23.6 Å². The van der Waals surface area contributed by atoms with Crippen LogP contribution in [0.4, 0.5) is 32.0 Å². The van der Waals surface area contributed by atoms with Crippen molar-refractivity contribution in [1.29, 1.82) is 0 Å². The van der Waals surface area contributed by atoms with Gasteiger partial charge in [0.15, 0.2) is 0 Å². The Morgan fingerprint density at radius 1 is 1.12 bits per heavy atom. The van der Waals surface area contributed by atoms with Crippen LogP contribution in [-0.2, 0) is 15.5 Å². The number of hydrogen-bond donors (Lipinski definition) is 2. The second kappa shape index (κ2) is 7.11. The fourth-order valence-electron chi connectivity index (χ4n) is 2.17. The van der Waals surface area contributed by atoms with Crippen molar-refractivity contribution in [3.8, 4) is 0 Å². The van der Waals surface area contributed by atoms with Crippen LogP contribution in [0.25, 0.3) is 0 Å². The molecule has 10 heteroatoms. The number of halogens is 6. The van der Waals surface area contributed by atoms with Crippen molar-refractivity contribution in [2.75, 3.05) is 18.5 Å². The van der Waals surface area contributed by atoms with Crippen molar-refractivity contribution in [2.45, 2.75) is 38.7 Å². The van der Waals surface area contributed by atoms with Gasteiger partial charge in [0.05, 0.1) is 6.61 Å². The molecule has 0 saturated carbocycles. The summed E-state index contributed by atoms with van der Waals surface area (Å²) in [5, 5.41) is 11.3. The lowest BCUT2D eigenvalue weighted by Gasteiger charge is -2.31. The smallest absolute Gasteiger partial charge is 0.455 e. The Morgan fingerprint density at radius 2 is 1.60 bits per heavy atom. The molecular formula is C15H17F6NO3. The van der Waals surface area contributed by atoms with Gasteiger partial charge in [0.2, 0.25) is 0 Å². The maximum absolute atomic E-state index is 13.9. The van der Waals surface area contributed by atoms with Gasteiger partial charge in [-0.15, -0.1) is 0 Å². The van der Waals surface area contributed by atoms with E-state index in [0.29, 0.717) is 12.1 Å². The maximum atomic E-state index is 13.9. The highest BCUT2D eigenvalue weighted by Gasteiger charge is 2.71. The van der Waals surface area contributed by atoms with Gasteiger partial charge in [0, 0.05) is 11.3 Å². The molecule has 0 heterocycles. The van der Waals surface area contributed by atoms with E-state index in [2.05, 4.69) is 10.1 Å². The molecule has 1 aromatic carbocycles. The normalized spacial score (nSPS) is 14.8. The zero-order valence-corrected chi connectivity index (χ0v) is 13.6. The van der Waals surface area contributed by atoms with Gasteiger partial charge in [-0.2, -0.15) is 26.3 Å². The molecule has 0 amide bonds. The van der Waals surface area contributed by atoms with Crippen LogP contribution < -0.4 is 5.32 Å². The fraction of sp³-hybridized carbons (Fsp3) is 0.533. The second-order valence-corrected chi connectivity index (χ2v) is 5.34. The number of carbonyl (C=O) groups excluding carboxylic acids is 1. The molecule has 4 nitrogen and oxygen atoms in total. The zero-order valence-electron chi connectivity index (χ0n) is 13.6. The van der Waals surface area contributed by atoms with E-state index in [0.717, 1.165) is 0 Å². The van der Waals surface area contributed by atoms with E-state index in [1.54, 1.807) is 6.92 Å². The van der Waals surface area contributed by atoms with Crippen molar-refractivity contribution in [3.05, 3.63) is 28.8 Å². The predicted octanol–water partition coefficient (Wildman–Crippen LogP) is 3.59. The van der Waals surface area contributed by atoms with Crippen LogP contribution in [0.2, 0.25) is 0 Å². The van der Waals surface area contributed by atoms with Crippen LogP contribution in [-0.4, -0.2) is 36.3 Å². The minimum Gasteiger partial charge on any atom is -0.465 e. The van der Waals surface area contributed by atoms with Crippen molar-refractivity contribution < 1.29 is 41.0 Å². The molecule has 0 spiro atoms. The molecule has 25 heavy (non-hydrogen) atoms. The molecule has 1 unspecified atom stereocenters. The summed E-state index contributed by atoms with van der Waals surface area (Å²) in [6.07, 6.45) is -6.18. The average molecular weight is 373 g/mol. The van der Waals surface area contributed by atoms with Gasteiger partial charge in [-0.3, -0.25) is 4.79 Å². The second-order valence-electron chi connectivity index (χ2n) is 5.34. The summed E-state index contributed by atoms with van der Waals surface area (Å²) in [5.41, 5.74) is -1.05. The van der Waals surface area contributed by atoms with Crippen molar-refractivity contribution in [1.82, 2.24) is 0 Å². The minimum absolute atomic E-state index is 0.0388. The minimum atomic E-state index is -6.18. The lowest BCUT2D eigenvalue weighted by atomic mass is 9.95. The van der Waals surface area contributed by atoms with Crippen LogP contribution in [0.5, 0.6) is 0 Å². The van der Waals surface area contributed by atoms with E-state index in [1.165, 1.54) is 13.8 Å². The molecule has 0 aliphatic rings. The third kappa shape index (κ3) is 4.17. The number of carbonyl (C=O) groups is 1. The van der Waals surface area contributed by atoms with Crippen LogP contribution in [0.3, 0.4) is 0 Å². The first-order valence-corrected chi connectivity index (χ1v) is 7.12. The van der Waals surface area contributed by atoms with Crippen LogP contribution in [0, 0.1) is 13.8 Å². The van der Waals surface area contributed by atoms with Gasteiger partial charge >= 0.3 is 23.9 Å². The highest BCUT2D eigenvalue weighted by molar-refractivity contribution is 5.76. The number of nitrogens with one attached hydrogen (secondary N) is 1. The van der Waals surface area contributed by atoms with Gasteiger partial charge in [-0.05, 0) is 44.0 Å². The molecule has 142 valence electrons. The third-order valence-corrected chi connectivity index (χ3v) is 3.40. The standard InChI is InChI=1S/C15H17F6NO3/c1-4-25-11(23)7-22-12-8(2)5-10(6-9(12)3)13(16,17)14(18,24)15(19,20)21/h5-6,22,24H,4,7H2,1-3H3. The number of anilines is 1. The van der Waals surface area contributed by atoms with Gasteiger partial charge in [-0.25, -0.2) is 0 Å². The quantitative estimate of drug-likeness (QED) is 0.591. The van der Waals surface area contributed by atoms with E-state index in [4.69, 9.17) is 5.11 Å². The molecule has 0 saturated heterocycles. The lowest BCUT2D eigenvalue weighted by Crippen LogP contribution is -2.53. The monoisotopic (exact) mass is 373 g/mol. The van der Waals surface area contributed by atoms with E-state index in [-0.39, 0.29) is 30.0 Å². The van der Waals surface area contributed by atoms with Gasteiger partial charge < -0.3 is 15.2 Å². The molecule has 1 atom stereocenters. The van der Waals surface area contributed by atoms with Crippen molar-refractivity contribution in [2.24, 2.45) is 0 Å². The number of aliphatic hydroxyl groups is 1. The zero-order chi connectivity index (χ0) is 19.6. The van der Waals surface area contributed by atoms with Gasteiger partial charge in [-0.1, -0.05) is 0 Å². The summed E-state index contributed by atoms with van der Waals surface area (Å²) in [5.74, 6) is -11.6. The summed E-state index contributed by atoms with van der Waals surface area (Å²) < 4.78 is 83.1. The molecule has 0 radical (unpaired) electrons. The summed E-state index contributed by atoms with van der Waals surface area (Å²) in [7, 11) is 0. The van der Waals surface area contributed by atoms with Crippen LogP contribution >= 0.6 is 0 Å². The summed E-state index contributed by atoms with van der Waals surface area (Å²) in [6.45, 7) is 4.00. The third-order valence-electron chi connectivity index (χ3n) is 3.40. The van der Waals surface area contributed by atoms with E-state index in [9.17, 15) is 31.1 Å². The molecule has 0 aromatic heterocycles. The molecule has 1 aromatic rings. The van der Waals surface area contributed by atoms with E-state index in [1.807, 2.05) is 0 Å². The number of aryl methyl sites for hydroxylation is 2. The molecule has 2 N–H and O–H groups in total. The Balaban J connectivity index is 3.19. The lowest BCUT2D eigenvalue weighted by molar-refractivity contribution is -0.390. The molecule has 0 aliphatic heterocycles. The Kier molecular flexibility index (Phi) is 5.99. The van der Waals surface area contributed by atoms with Crippen molar-refractivity contribution >= 4 is 11.7 Å². The topological polar surface area (TPSA) is 58.6 Å². The van der Waals surface area contributed by atoms with Gasteiger partial charge in [0.1, 0.15) is 6.54 Å². The largest absolute Gasteiger partial charge is 0.465 e. The first kappa shape index (κ1) is 21.1. The average Bonchev–Trinajstić information content (AvgIpc) is 2.45. The highest BCUT2D eigenvalue weighted by Crippen LogP contribution is 2.49. The number of hydrogen-bond acceptors (Lipinski definition) is 4. The highest BCUT2D eigenvalue weighted by atomic mass is 19.4. The number of alkyl halides is 6. The predicted molar refractivity (Wildman–Crippen MR) is 77.0 cm³/mol. The summed E-state index contributed by atoms with van der Waals surface area (Å²) in [4.78, 5) is 11.3. The molecular weight excluding hydrogens is 356 g/mol. The molecule has 1 rings (SSSR count). The first-order valence-electron chi connectivity index (χ1n) is 7.12. The number of rotatable bonds is 6. The number of esters is 1. The Bertz CT molecular complexity index is 620. The Morgan fingerprint density at radius 3 is 2.00 bits per heavy atom. The number of benzene rings is 1. The molecule has 0 bridgehead atoms. The SMILES string of the molecule is CCOC(=O)CNc1c(C)cc(C(F)(F)C(O)(F)C(F)(F)F)cc1C. The molecule has 0 aliphatic carbocycles. The van der Waals surface area contributed by atoms with Crippen molar-refractivity contribution in [3.63, 3.8) is 0 Å². The number of ether oxygens (including phenoxy) is 1. The first-order chi connectivity index (χ1) is 11.3. The molecule has 0 fully saturated rings. The van der Waals surface area contributed by atoms with E-state index < -0.39 is 29.5 Å². The Labute approximate surface area is 139 Å². The summed E-state index contributed by atoms with van der Waals surface area (Å²) >= 11 is 0. The maximum Gasteiger partial charge on any atom is 0.455 e. The van der Waals surface area contributed by atoms with E-state index >= 15 is 0 Å². The van der Waals surface area contributed by atoms with Gasteiger partial charge in [0.25, 0.3) is 0 Å². The fourth-order valence-corrected chi connectivity index (χ4v) is 2.17. The Hall–Kier alpha value is -1.97. The summed E-state index contributed by atoms with van der Waals surface area (Å²) in [6, 6.07) is 1.22. The van der Waals surface area contributed by atoms with Crippen LogP contribution in [0.15, 0.2) is 12.1 Å².